The van der Waals surface area contributed by atoms with E-state index in [9.17, 15) is 4.79 Å². The first-order valence-corrected chi connectivity index (χ1v) is 5.05. The van der Waals surface area contributed by atoms with Crippen molar-refractivity contribution >= 4 is 33.1 Å². The fourth-order valence-electron chi connectivity index (χ4n) is 1.11. The van der Waals surface area contributed by atoms with Gasteiger partial charge in [0, 0.05) is 5.56 Å². The average molecular weight is 259 g/mol. The number of carbonyl (C=O) groups is 1. The second kappa shape index (κ2) is 4.32. The molecule has 0 radical (unpaired) electrons. The van der Waals surface area contributed by atoms with Crippen LogP contribution in [0.3, 0.4) is 0 Å². The van der Waals surface area contributed by atoms with Crippen LogP contribution in [0.2, 0.25) is 0 Å². The standard InChI is InChI=1S/C9H11BrN2O2/c1-14-7-3-2-5(6(13)4-10)8(11)9(7)12/h2-3H,4,11-12H2,1H3. The van der Waals surface area contributed by atoms with E-state index in [-0.39, 0.29) is 16.8 Å². The largest absolute Gasteiger partial charge is 0.495 e. The van der Waals surface area contributed by atoms with Gasteiger partial charge in [-0.1, -0.05) is 15.9 Å². The molecule has 0 aliphatic heterocycles. The summed E-state index contributed by atoms with van der Waals surface area (Å²) in [6, 6.07) is 3.23. The molecule has 0 saturated carbocycles. The maximum absolute atomic E-state index is 11.4. The fourth-order valence-corrected chi connectivity index (χ4v) is 1.41. The van der Waals surface area contributed by atoms with E-state index in [1.54, 1.807) is 12.1 Å². The van der Waals surface area contributed by atoms with E-state index in [1.165, 1.54) is 7.11 Å². The molecule has 0 aliphatic carbocycles. The minimum absolute atomic E-state index is 0.100. The first-order chi connectivity index (χ1) is 6.61. The first kappa shape index (κ1) is 10.8. The molecule has 0 spiro atoms. The van der Waals surface area contributed by atoms with Crippen molar-refractivity contribution in [2.24, 2.45) is 0 Å². The number of carbonyl (C=O) groups excluding carboxylic acids is 1. The normalized spacial score (nSPS) is 9.86. The molecule has 0 heterocycles. The predicted molar refractivity (Wildman–Crippen MR) is 59.9 cm³/mol. The van der Waals surface area contributed by atoms with Crippen LogP contribution in [0.5, 0.6) is 5.75 Å². The van der Waals surface area contributed by atoms with Gasteiger partial charge in [0.25, 0.3) is 0 Å². The number of nitrogen functional groups attached to an aromatic ring is 2. The quantitative estimate of drug-likeness (QED) is 0.489. The summed E-state index contributed by atoms with van der Waals surface area (Å²) in [7, 11) is 1.50. The number of hydrogen-bond acceptors (Lipinski definition) is 4. The Bertz CT molecular complexity index is 366. The molecule has 1 aromatic carbocycles. The summed E-state index contributed by atoms with van der Waals surface area (Å²) in [5, 5.41) is 0.225. The molecule has 1 rings (SSSR count). The van der Waals surface area contributed by atoms with Crippen molar-refractivity contribution < 1.29 is 9.53 Å². The van der Waals surface area contributed by atoms with Gasteiger partial charge < -0.3 is 16.2 Å². The Balaban J connectivity index is 3.24. The Morgan fingerprint density at radius 1 is 1.43 bits per heavy atom. The third-order valence-corrected chi connectivity index (χ3v) is 2.40. The van der Waals surface area contributed by atoms with Gasteiger partial charge in [0.05, 0.1) is 23.8 Å². The van der Waals surface area contributed by atoms with E-state index in [4.69, 9.17) is 16.2 Å². The third kappa shape index (κ3) is 1.82. The fraction of sp³-hybridized carbons (Fsp3) is 0.222. The highest BCUT2D eigenvalue weighted by molar-refractivity contribution is 9.09. The number of methoxy groups -OCH3 is 1. The molecule has 14 heavy (non-hydrogen) atoms. The number of anilines is 2. The Kier molecular flexibility index (Phi) is 3.35. The summed E-state index contributed by atoms with van der Waals surface area (Å²) in [4.78, 5) is 11.4. The smallest absolute Gasteiger partial charge is 0.175 e. The van der Waals surface area contributed by atoms with Gasteiger partial charge in [-0.25, -0.2) is 0 Å². The Hall–Kier alpha value is -1.23. The van der Waals surface area contributed by atoms with Crippen LogP contribution in [0.4, 0.5) is 11.4 Å². The number of benzene rings is 1. The van der Waals surface area contributed by atoms with Crippen molar-refractivity contribution in [1.29, 1.82) is 0 Å². The molecule has 0 fully saturated rings. The summed E-state index contributed by atoms with van der Waals surface area (Å²) in [5.41, 5.74) is 12.4. The Morgan fingerprint density at radius 2 is 2.07 bits per heavy atom. The number of Topliss-reactive ketones (excluding diaryl/α,β-unsaturated/α-hetero) is 1. The summed E-state index contributed by atoms with van der Waals surface area (Å²) in [6.45, 7) is 0. The lowest BCUT2D eigenvalue weighted by molar-refractivity contribution is 0.102. The van der Waals surface area contributed by atoms with Gasteiger partial charge in [-0.3, -0.25) is 4.79 Å². The van der Waals surface area contributed by atoms with Crippen molar-refractivity contribution in [2.75, 3.05) is 23.9 Å². The van der Waals surface area contributed by atoms with Crippen molar-refractivity contribution in [3.63, 3.8) is 0 Å². The molecule has 0 aromatic heterocycles. The Labute approximate surface area is 90.3 Å². The van der Waals surface area contributed by atoms with Gasteiger partial charge in [-0.15, -0.1) is 0 Å². The zero-order valence-electron chi connectivity index (χ0n) is 7.71. The van der Waals surface area contributed by atoms with Crippen LogP contribution < -0.4 is 16.2 Å². The van der Waals surface area contributed by atoms with E-state index >= 15 is 0 Å². The molecule has 0 aliphatic rings. The second-order valence-electron chi connectivity index (χ2n) is 2.70. The number of nitrogens with two attached hydrogens (primary N) is 2. The summed E-state index contributed by atoms with van der Waals surface area (Å²) in [6.07, 6.45) is 0. The SMILES string of the molecule is COc1ccc(C(=O)CBr)c(N)c1N. The predicted octanol–water partition coefficient (Wildman–Crippen LogP) is 1.44. The van der Waals surface area contributed by atoms with Crippen molar-refractivity contribution in [3.8, 4) is 5.75 Å². The molecule has 0 saturated heterocycles. The zero-order chi connectivity index (χ0) is 10.7. The van der Waals surface area contributed by atoms with Crippen LogP contribution in [0.15, 0.2) is 12.1 Å². The minimum Gasteiger partial charge on any atom is -0.495 e. The molecule has 76 valence electrons. The maximum atomic E-state index is 11.4. The molecule has 4 nitrogen and oxygen atoms in total. The number of alkyl halides is 1. The number of ether oxygens (including phenoxy) is 1. The summed E-state index contributed by atoms with van der Waals surface area (Å²) >= 11 is 3.07. The highest BCUT2D eigenvalue weighted by Crippen LogP contribution is 2.30. The lowest BCUT2D eigenvalue weighted by Crippen LogP contribution is -2.08. The van der Waals surface area contributed by atoms with Gasteiger partial charge in [0.1, 0.15) is 5.75 Å². The lowest BCUT2D eigenvalue weighted by atomic mass is 10.1. The zero-order valence-corrected chi connectivity index (χ0v) is 9.30. The molecule has 0 amide bonds. The van der Waals surface area contributed by atoms with Crippen LogP contribution in [0.25, 0.3) is 0 Å². The van der Waals surface area contributed by atoms with Crippen LogP contribution in [0.1, 0.15) is 10.4 Å². The molecule has 4 N–H and O–H groups in total. The number of halogens is 1. The van der Waals surface area contributed by atoms with Crippen molar-refractivity contribution in [3.05, 3.63) is 17.7 Å². The van der Waals surface area contributed by atoms with E-state index in [1.807, 2.05) is 0 Å². The van der Waals surface area contributed by atoms with Gasteiger partial charge >= 0.3 is 0 Å². The van der Waals surface area contributed by atoms with Crippen molar-refractivity contribution in [2.45, 2.75) is 0 Å². The second-order valence-corrected chi connectivity index (χ2v) is 3.26. The van der Waals surface area contributed by atoms with Gasteiger partial charge in [0.2, 0.25) is 0 Å². The number of rotatable bonds is 3. The number of hydrogen-bond donors (Lipinski definition) is 2. The minimum atomic E-state index is -0.100. The highest BCUT2D eigenvalue weighted by Gasteiger charge is 2.13. The van der Waals surface area contributed by atoms with Gasteiger partial charge in [-0.2, -0.15) is 0 Å². The van der Waals surface area contributed by atoms with E-state index in [0.717, 1.165) is 0 Å². The van der Waals surface area contributed by atoms with Crippen LogP contribution in [-0.2, 0) is 0 Å². The summed E-state index contributed by atoms with van der Waals surface area (Å²) in [5.74, 6) is 0.380. The van der Waals surface area contributed by atoms with Crippen LogP contribution in [-0.4, -0.2) is 18.2 Å². The first-order valence-electron chi connectivity index (χ1n) is 3.93. The molecule has 5 heteroatoms. The summed E-state index contributed by atoms with van der Waals surface area (Å²) < 4.78 is 4.97. The molecule has 0 atom stereocenters. The number of ketones is 1. The molecule has 1 aromatic rings. The van der Waals surface area contributed by atoms with Crippen LogP contribution in [0, 0.1) is 0 Å². The van der Waals surface area contributed by atoms with Gasteiger partial charge in [0.15, 0.2) is 5.78 Å². The monoisotopic (exact) mass is 258 g/mol. The molecular formula is C9H11BrN2O2. The lowest BCUT2D eigenvalue weighted by Gasteiger charge is -2.10. The highest BCUT2D eigenvalue weighted by atomic mass is 79.9. The van der Waals surface area contributed by atoms with Gasteiger partial charge in [-0.05, 0) is 12.1 Å². The average Bonchev–Trinajstić information content (AvgIpc) is 2.21. The maximum Gasteiger partial charge on any atom is 0.175 e. The van der Waals surface area contributed by atoms with E-state index in [0.29, 0.717) is 17.0 Å². The van der Waals surface area contributed by atoms with E-state index in [2.05, 4.69) is 15.9 Å². The molecular weight excluding hydrogens is 248 g/mol. The molecule has 0 bridgehead atoms. The third-order valence-electron chi connectivity index (χ3n) is 1.89. The van der Waals surface area contributed by atoms with E-state index < -0.39 is 0 Å². The Morgan fingerprint density at radius 3 is 2.57 bits per heavy atom. The topological polar surface area (TPSA) is 78.3 Å². The molecule has 0 unspecified atom stereocenters. The van der Waals surface area contributed by atoms with Crippen molar-refractivity contribution in [1.82, 2.24) is 0 Å². The van der Waals surface area contributed by atoms with Crippen LogP contribution >= 0.6 is 15.9 Å².